The molecule has 1 aliphatic rings. The number of alkyl halides is 2. The van der Waals surface area contributed by atoms with Crippen LogP contribution in [0.4, 0.5) is 14.6 Å². The van der Waals surface area contributed by atoms with Crippen LogP contribution in [-0.4, -0.2) is 44.6 Å². The summed E-state index contributed by atoms with van der Waals surface area (Å²) >= 11 is 0. The van der Waals surface area contributed by atoms with E-state index in [1.807, 2.05) is 20.8 Å². The second kappa shape index (κ2) is 5.99. The zero-order valence-corrected chi connectivity index (χ0v) is 13.5. The van der Waals surface area contributed by atoms with E-state index >= 15 is 0 Å². The van der Waals surface area contributed by atoms with Crippen LogP contribution < -0.4 is 4.90 Å². The third kappa shape index (κ3) is 3.41. The van der Waals surface area contributed by atoms with Crippen LogP contribution in [0.2, 0.25) is 0 Å². The van der Waals surface area contributed by atoms with Gasteiger partial charge >= 0.3 is 0 Å². The number of rotatable bonds is 4. The molecule has 3 heterocycles. The number of hydrogen-bond acceptors (Lipinski definition) is 5. The maximum Gasteiger partial charge on any atom is 0.299 e. The maximum absolute atomic E-state index is 13.0. The highest BCUT2D eigenvalue weighted by atomic mass is 19.3. The molecule has 0 unspecified atom stereocenters. The molecule has 8 heteroatoms. The van der Waals surface area contributed by atoms with E-state index in [9.17, 15) is 8.78 Å². The summed E-state index contributed by atoms with van der Waals surface area (Å²) in [6.07, 6.45) is -0.673. The van der Waals surface area contributed by atoms with Gasteiger partial charge in [-0.25, -0.2) is 8.78 Å². The lowest BCUT2D eigenvalue weighted by atomic mass is 10.2. The summed E-state index contributed by atoms with van der Waals surface area (Å²) in [6.45, 7) is 7.48. The first-order valence-corrected chi connectivity index (χ1v) is 7.76. The summed E-state index contributed by atoms with van der Waals surface area (Å²) in [4.78, 5) is 2.11. The predicted octanol–water partition coefficient (Wildman–Crippen LogP) is 2.85. The highest BCUT2D eigenvalue weighted by Crippen LogP contribution is 2.26. The van der Waals surface area contributed by atoms with E-state index in [0.717, 1.165) is 23.9 Å². The van der Waals surface area contributed by atoms with E-state index in [0.29, 0.717) is 18.1 Å². The summed E-state index contributed by atoms with van der Waals surface area (Å²) < 4.78 is 32.9. The molecule has 23 heavy (non-hydrogen) atoms. The quantitative estimate of drug-likeness (QED) is 0.865. The van der Waals surface area contributed by atoms with E-state index in [4.69, 9.17) is 4.74 Å². The highest BCUT2D eigenvalue weighted by molar-refractivity contribution is 5.47. The molecule has 1 aliphatic heterocycles. The lowest BCUT2D eigenvalue weighted by molar-refractivity contribution is -0.00942. The van der Waals surface area contributed by atoms with E-state index < -0.39 is 12.2 Å². The number of halogens is 2. The fourth-order valence-corrected chi connectivity index (χ4v) is 2.74. The third-order valence-corrected chi connectivity index (χ3v) is 3.85. The van der Waals surface area contributed by atoms with Crippen molar-refractivity contribution in [2.45, 2.75) is 51.7 Å². The first-order chi connectivity index (χ1) is 10.8. The topological polar surface area (TPSA) is 55.5 Å². The van der Waals surface area contributed by atoms with Gasteiger partial charge in [0.1, 0.15) is 5.82 Å². The summed E-state index contributed by atoms with van der Waals surface area (Å²) in [7, 11) is 0. The number of ether oxygens (including phenoxy) is 1. The van der Waals surface area contributed by atoms with Crippen molar-refractivity contribution in [3.05, 3.63) is 18.0 Å². The van der Waals surface area contributed by atoms with Crippen molar-refractivity contribution in [2.75, 3.05) is 18.1 Å². The molecule has 126 valence electrons. The maximum atomic E-state index is 13.0. The molecule has 0 aliphatic carbocycles. The molecule has 6 nitrogen and oxygen atoms in total. The van der Waals surface area contributed by atoms with Gasteiger partial charge in [-0.2, -0.15) is 4.52 Å². The van der Waals surface area contributed by atoms with E-state index in [1.54, 1.807) is 12.1 Å². The van der Waals surface area contributed by atoms with E-state index in [2.05, 4.69) is 20.2 Å². The van der Waals surface area contributed by atoms with Gasteiger partial charge in [0.15, 0.2) is 5.65 Å². The smallest absolute Gasteiger partial charge is 0.299 e. The van der Waals surface area contributed by atoms with Crippen molar-refractivity contribution < 1.29 is 13.5 Å². The standard InChI is InChI=1S/C15H21F2N5O/c1-15(2,3)23-9-10-5-4-8-21(10)12-7-6-11-18-19-14(13(16)17)22(11)20-12/h6-7,10,13H,4-5,8-9H2,1-3H3/t10-/m1/s1. The van der Waals surface area contributed by atoms with E-state index in [1.165, 1.54) is 0 Å². The molecule has 1 saturated heterocycles. The molecule has 0 aromatic carbocycles. The summed E-state index contributed by atoms with van der Waals surface area (Å²) in [5.41, 5.74) is 0.119. The van der Waals surface area contributed by atoms with Crippen LogP contribution in [0.1, 0.15) is 45.9 Å². The molecule has 0 N–H and O–H groups in total. The zero-order chi connectivity index (χ0) is 16.6. The fourth-order valence-electron chi connectivity index (χ4n) is 2.74. The zero-order valence-electron chi connectivity index (χ0n) is 13.5. The molecular weight excluding hydrogens is 304 g/mol. The van der Waals surface area contributed by atoms with Gasteiger partial charge in [-0.1, -0.05) is 0 Å². The molecule has 0 spiro atoms. The molecule has 2 aromatic rings. The van der Waals surface area contributed by atoms with Gasteiger partial charge in [0.05, 0.1) is 18.2 Å². The van der Waals surface area contributed by atoms with Crippen LogP contribution in [0.25, 0.3) is 5.65 Å². The Labute approximate surface area is 133 Å². The van der Waals surface area contributed by atoms with Gasteiger partial charge < -0.3 is 9.64 Å². The number of nitrogens with zero attached hydrogens (tertiary/aromatic N) is 5. The highest BCUT2D eigenvalue weighted by Gasteiger charge is 2.28. The normalized spacial score (nSPS) is 19.2. The molecular formula is C15H21F2N5O. The summed E-state index contributed by atoms with van der Waals surface area (Å²) in [5, 5.41) is 11.5. The average Bonchev–Trinajstić information content (AvgIpc) is 3.10. The molecule has 0 amide bonds. The van der Waals surface area contributed by atoms with Gasteiger partial charge in [-0.3, -0.25) is 0 Å². The number of fused-ring (bicyclic) bond motifs is 1. The van der Waals surface area contributed by atoms with Gasteiger partial charge in [-0.15, -0.1) is 15.3 Å². The van der Waals surface area contributed by atoms with Crippen molar-refractivity contribution >= 4 is 11.5 Å². The fraction of sp³-hybridized carbons (Fsp3) is 0.667. The monoisotopic (exact) mass is 325 g/mol. The van der Waals surface area contributed by atoms with Gasteiger partial charge in [0.25, 0.3) is 6.43 Å². The molecule has 0 saturated carbocycles. The van der Waals surface area contributed by atoms with Crippen molar-refractivity contribution in [3.63, 3.8) is 0 Å². The van der Waals surface area contributed by atoms with Crippen molar-refractivity contribution in [1.29, 1.82) is 0 Å². The Morgan fingerprint density at radius 3 is 2.78 bits per heavy atom. The Hall–Kier alpha value is -1.83. The summed E-state index contributed by atoms with van der Waals surface area (Å²) in [5.74, 6) is 0.225. The molecule has 3 rings (SSSR count). The Morgan fingerprint density at radius 2 is 2.09 bits per heavy atom. The van der Waals surface area contributed by atoms with Crippen LogP contribution in [0.15, 0.2) is 12.1 Å². The number of hydrogen-bond donors (Lipinski definition) is 0. The number of anilines is 1. The Balaban J connectivity index is 1.85. The van der Waals surface area contributed by atoms with Gasteiger partial charge in [-0.05, 0) is 45.7 Å². The largest absolute Gasteiger partial charge is 0.374 e. The van der Waals surface area contributed by atoms with Crippen molar-refractivity contribution in [3.8, 4) is 0 Å². The minimum Gasteiger partial charge on any atom is -0.374 e. The van der Waals surface area contributed by atoms with Crippen LogP contribution in [0, 0.1) is 0 Å². The molecule has 0 bridgehead atoms. The minimum absolute atomic E-state index is 0.200. The first kappa shape index (κ1) is 16.0. The van der Waals surface area contributed by atoms with Crippen molar-refractivity contribution in [2.24, 2.45) is 0 Å². The van der Waals surface area contributed by atoms with Crippen LogP contribution in [-0.2, 0) is 4.74 Å². The molecule has 0 radical (unpaired) electrons. The molecule has 1 atom stereocenters. The second-order valence-corrected chi connectivity index (χ2v) is 6.73. The van der Waals surface area contributed by atoms with Gasteiger partial charge in [0, 0.05) is 6.54 Å². The van der Waals surface area contributed by atoms with Crippen molar-refractivity contribution in [1.82, 2.24) is 19.8 Å². The van der Waals surface area contributed by atoms with Crippen LogP contribution in [0.3, 0.4) is 0 Å². The SMILES string of the molecule is CC(C)(C)OC[C@H]1CCCN1c1ccc2nnc(C(F)F)n2n1. The minimum atomic E-state index is -2.70. The van der Waals surface area contributed by atoms with Gasteiger partial charge in [0.2, 0.25) is 5.82 Å². The molecule has 1 fully saturated rings. The van der Waals surface area contributed by atoms with Crippen LogP contribution in [0.5, 0.6) is 0 Å². The molecule has 2 aromatic heterocycles. The number of aromatic nitrogens is 4. The lowest BCUT2D eigenvalue weighted by Gasteiger charge is -2.29. The Morgan fingerprint density at radius 1 is 1.30 bits per heavy atom. The lowest BCUT2D eigenvalue weighted by Crippen LogP contribution is -2.36. The first-order valence-electron chi connectivity index (χ1n) is 7.76. The summed E-state index contributed by atoms with van der Waals surface area (Å²) in [6, 6.07) is 3.67. The predicted molar refractivity (Wildman–Crippen MR) is 81.8 cm³/mol. The average molecular weight is 325 g/mol. The van der Waals surface area contributed by atoms with Crippen LogP contribution >= 0.6 is 0 Å². The second-order valence-electron chi connectivity index (χ2n) is 6.73. The Bertz CT molecular complexity index is 682. The van der Waals surface area contributed by atoms with E-state index in [-0.39, 0.29) is 11.6 Å². The third-order valence-electron chi connectivity index (χ3n) is 3.85. The Kier molecular flexibility index (Phi) is 4.18.